The average Bonchev–Trinajstić information content (AvgIpc) is 2.14. The number of aryl methyl sites for hydroxylation is 1. The van der Waals surface area contributed by atoms with Crippen molar-refractivity contribution in [2.75, 3.05) is 0 Å². The summed E-state index contributed by atoms with van der Waals surface area (Å²) in [4.78, 5) is 0. The summed E-state index contributed by atoms with van der Waals surface area (Å²) in [5, 5.41) is 8.75. The predicted molar refractivity (Wildman–Crippen MR) is 49.8 cm³/mol. The number of hydrogen-bond acceptors (Lipinski definition) is 1. The predicted octanol–water partition coefficient (Wildman–Crippen LogP) is -0.629. The summed E-state index contributed by atoms with van der Waals surface area (Å²) < 4.78 is 35.9. The van der Waals surface area contributed by atoms with Gasteiger partial charge in [0, 0.05) is 6.00 Å². The van der Waals surface area contributed by atoms with Gasteiger partial charge < -0.3 is 18.1 Å². The second kappa shape index (κ2) is 7.09. The molecule has 0 bridgehead atoms. The molecule has 1 atom stereocenters. The number of hydrogen-bond donors (Lipinski definition) is 1. The van der Waals surface area contributed by atoms with E-state index in [4.69, 9.17) is 5.11 Å². The minimum absolute atomic E-state index is 0. The zero-order chi connectivity index (χ0) is 10.6. The largest absolute Gasteiger partial charge is 1.00 e. The van der Waals surface area contributed by atoms with Crippen LogP contribution in [0.1, 0.15) is 12.0 Å². The maximum absolute atomic E-state index is 12.0. The first kappa shape index (κ1) is 15.7. The van der Waals surface area contributed by atoms with Gasteiger partial charge in [0.25, 0.3) is 0 Å². The smallest absolute Gasteiger partial charge is 0.447 e. The third-order valence-electron chi connectivity index (χ3n) is 2.01. The zero-order valence-corrected chi connectivity index (χ0v) is 11.7. The molecule has 1 rings (SSSR count). The fraction of sp³-hybridized carbons (Fsp3) is 0.333. The molecule has 1 unspecified atom stereocenters. The van der Waals surface area contributed by atoms with Crippen molar-refractivity contribution in [3.05, 3.63) is 35.9 Å². The third kappa shape index (κ3) is 6.09. The summed E-state index contributed by atoms with van der Waals surface area (Å²) in [6.07, 6.45) is -0.00319. The van der Waals surface area contributed by atoms with Crippen molar-refractivity contribution in [1.29, 1.82) is 0 Å². The Labute approximate surface area is 130 Å². The Morgan fingerprint density at radius 1 is 1.13 bits per heavy atom. The van der Waals surface area contributed by atoms with Crippen molar-refractivity contribution in [3.8, 4) is 0 Å². The van der Waals surface area contributed by atoms with E-state index in [0.29, 0.717) is 0 Å². The van der Waals surface area contributed by atoms with Gasteiger partial charge in [-0.05, 0) is 18.4 Å². The third-order valence-corrected chi connectivity index (χ3v) is 2.01. The summed E-state index contributed by atoms with van der Waals surface area (Å²) in [6, 6.07) is 6.66. The summed E-state index contributed by atoms with van der Waals surface area (Å²) in [7, 11) is 0. The van der Waals surface area contributed by atoms with Crippen molar-refractivity contribution < 1.29 is 69.4 Å². The molecule has 0 aromatic heterocycles. The van der Waals surface area contributed by atoms with Crippen LogP contribution in [0.25, 0.3) is 0 Å². The molecule has 0 fully saturated rings. The van der Waals surface area contributed by atoms with Gasteiger partial charge in [0.2, 0.25) is 0 Å². The van der Waals surface area contributed by atoms with E-state index in [1.54, 1.807) is 30.3 Å². The van der Waals surface area contributed by atoms with Gasteiger partial charge in [-0.2, -0.15) is 0 Å². The standard InChI is InChI=1S/C9H11BF3O.K/c11-10(12,13)9(14)7-6-8-4-2-1-3-5-8;/h1-5,9,14H,6-7H2;/q-1;+1. The van der Waals surface area contributed by atoms with Gasteiger partial charge in [-0.3, -0.25) is 0 Å². The Balaban J connectivity index is 0.00000196. The Morgan fingerprint density at radius 3 is 2.13 bits per heavy atom. The molecule has 0 aliphatic heterocycles. The molecular weight excluding hydrogens is 231 g/mol. The molecule has 1 aromatic carbocycles. The topological polar surface area (TPSA) is 20.2 Å². The average molecular weight is 242 g/mol. The second-order valence-corrected chi connectivity index (χ2v) is 3.22. The van der Waals surface area contributed by atoms with Crippen molar-refractivity contribution >= 4 is 6.98 Å². The van der Waals surface area contributed by atoms with Crippen LogP contribution in [-0.2, 0) is 6.42 Å². The van der Waals surface area contributed by atoms with Crippen LogP contribution >= 0.6 is 0 Å². The van der Waals surface area contributed by atoms with Crippen molar-refractivity contribution in [2.45, 2.75) is 18.8 Å². The minimum Gasteiger partial charge on any atom is -0.447 e. The van der Waals surface area contributed by atoms with E-state index in [-0.39, 0.29) is 64.2 Å². The molecule has 0 saturated heterocycles. The van der Waals surface area contributed by atoms with Crippen molar-refractivity contribution in [3.63, 3.8) is 0 Å². The number of rotatable bonds is 4. The normalized spacial score (nSPS) is 13.1. The molecule has 0 radical (unpaired) electrons. The minimum atomic E-state index is -5.11. The van der Waals surface area contributed by atoms with E-state index in [2.05, 4.69) is 0 Å². The van der Waals surface area contributed by atoms with Gasteiger partial charge in [-0.25, -0.2) is 0 Å². The fourth-order valence-electron chi connectivity index (χ4n) is 1.15. The number of halogens is 3. The molecule has 0 spiro atoms. The molecule has 1 aromatic rings. The molecule has 0 aliphatic rings. The van der Waals surface area contributed by atoms with E-state index in [0.717, 1.165) is 5.56 Å². The number of aliphatic hydroxyl groups is 1. The molecule has 0 aliphatic carbocycles. The maximum atomic E-state index is 12.0. The Kier molecular flexibility index (Phi) is 7.40. The Morgan fingerprint density at radius 2 is 1.67 bits per heavy atom. The Bertz CT molecular complexity index is 278. The van der Waals surface area contributed by atoms with Crippen LogP contribution in [0, 0.1) is 0 Å². The van der Waals surface area contributed by atoms with Crippen LogP contribution in [0.3, 0.4) is 0 Å². The molecule has 0 amide bonds. The first-order valence-electron chi connectivity index (χ1n) is 4.42. The molecule has 78 valence electrons. The number of aliphatic hydroxyl groups excluding tert-OH is 1. The van der Waals surface area contributed by atoms with Gasteiger partial charge in [0.1, 0.15) is 0 Å². The van der Waals surface area contributed by atoms with Crippen LogP contribution in [0.2, 0.25) is 0 Å². The SMILES string of the molecule is OC(CCc1ccccc1)[B-](F)(F)F.[K+]. The molecule has 1 nitrogen and oxygen atoms in total. The van der Waals surface area contributed by atoms with Gasteiger partial charge in [-0.1, -0.05) is 30.3 Å². The van der Waals surface area contributed by atoms with Crippen LogP contribution in [0.15, 0.2) is 30.3 Å². The van der Waals surface area contributed by atoms with Gasteiger partial charge in [-0.15, -0.1) is 0 Å². The first-order chi connectivity index (χ1) is 6.50. The maximum Gasteiger partial charge on any atom is 1.00 e. The zero-order valence-electron chi connectivity index (χ0n) is 8.54. The van der Waals surface area contributed by atoms with Crippen molar-refractivity contribution in [1.82, 2.24) is 0 Å². The van der Waals surface area contributed by atoms with Crippen LogP contribution < -0.4 is 51.4 Å². The monoisotopic (exact) mass is 242 g/mol. The van der Waals surface area contributed by atoms with E-state index in [1.165, 1.54) is 0 Å². The van der Waals surface area contributed by atoms with Crippen LogP contribution in [0.5, 0.6) is 0 Å². The summed E-state index contributed by atoms with van der Waals surface area (Å²) >= 11 is 0. The summed E-state index contributed by atoms with van der Waals surface area (Å²) in [5.41, 5.74) is 0.812. The summed E-state index contributed by atoms with van der Waals surface area (Å²) in [6.45, 7) is -5.11. The van der Waals surface area contributed by atoms with Crippen LogP contribution in [0.4, 0.5) is 12.9 Å². The molecular formula is C9H11BF3KO. The van der Waals surface area contributed by atoms with Gasteiger partial charge >= 0.3 is 58.4 Å². The molecule has 0 heterocycles. The number of benzene rings is 1. The molecule has 6 heteroatoms. The van der Waals surface area contributed by atoms with E-state index in [1.807, 2.05) is 0 Å². The van der Waals surface area contributed by atoms with Crippen LogP contribution in [-0.4, -0.2) is 18.1 Å². The van der Waals surface area contributed by atoms with Crippen molar-refractivity contribution in [2.24, 2.45) is 0 Å². The molecule has 15 heavy (non-hydrogen) atoms. The second-order valence-electron chi connectivity index (χ2n) is 3.22. The van der Waals surface area contributed by atoms with Gasteiger partial charge in [0.05, 0.1) is 0 Å². The molecule has 0 saturated carbocycles. The summed E-state index contributed by atoms with van der Waals surface area (Å²) in [5.74, 6) is 0. The van der Waals surface area contributed by atoms with E-state index >= 15 is 0 Å². The van der Waals surface area contributed by atoms with E-state index < -0.39 is 13.0 Å². The fourth-order valence-corrected chi connectivity index (χ4v) is 1.15. The van der Waals surface area contributed by atoms with E-state index in [9.17, 15) is 12.9 Å². The Hall–Kier alpha value is 0.671. The molecule has 1 N–H and O–H groups in total. The first-order valence-corrected chi connectivity index (χ1v) is 4.42. The van der Waals surface area contributed by atoms with Gasteiger partial charge in [0.15, 0.2) is 0 Å². The quantitative estimate of drug-likeness (QED) is 0.697.